The molecule has 0 aromatic heterocycles. The third-order valence-electron chi connectivity index (χ3n) is 0.432. The number of hydrogen-bond donors (Lipinski definition) is 0. The van der Waals surface area contributed by atoms with Crippen molar-refractivity contribution < 1.29 is 36.0 Å². The molecule has 50 valence electrons. The zero-order valence-corrected chi connectivity index (χ0v) is 6.27. The first-order valence-corrected chi connectivity index (χ1v) is 3.50. The summed E-state index contributed by atoms with van der Waals surface area (Å²) in [5, 5.41) is 0. The first-order chi connectivity index (χ1) is 3.56. The van der Waals surface area contributed by atoms with E-state index >= 15 is 0 Å². The molecule has 0 amide bonds. The first kappa shape index (κ1) is 12.2. The van der Waals surface area contributed by atoms with Crippen LogP contribution in [0, 0.1) is 0 Å². The Balaban J connectivity index is 0. The molecule has 0 aromatic rings. The van der Waals surface area contributed by atoms with Crippen LogP contribution in [0.4, 0.5) is 0 Å². The van der Waals surface area contributed by atoms with Crippen LogP contribution in [0.15, 0.2) is 0 Å². The summed E-state index contributed by atoms with van der Waals surface area (Å²) >= 11 is 0. The van der Waals surface area contributed by atoms with Gasteiger partial charge in [0.15, 0.2) is 0 Å². The predicted octanol–water partition coefficient (Wildman–Crippen LogP) is -3.12. The van der Waals surface area contributed by atoms with Gasteiger partial charge in [-0.25, -0.2) is 8.42 Å². The van der Waals surface area contributed by atoms with Crippen molar-refractivity contribution in [2.75, 3.05) is 6.61 Å². The fourth-order valence-corrected chi connectivity index (χ4v) is 0.556. The van der Waals surface area contributed by atoms with Crippen molar-refractivity contribution in [2.24, 2.45) is 0 Å². The van der Waals surface area contributed by atoms with Gasteiger partial charge in [0.05, 0.1) is 6.61 Å². The average molecular weight is 146 g/mol. The Morgan fingerprint density at radius 1 is 1.56 bits per heavy atom. The van der Waals surface area contributed by atoms with Crippen LogP contribution in [0.25, 0.3) is 0 Å². The van der Waals surface area contributed by atoms with Crippen LogP contribution in [0.3, 0.4) is 0 Å². The molecule has 0 saturated heterocycles. The molecule has 9 heavy (non-hydrogen) atoms. The van der Waals surface area contributed by atoms with Crippen molar-refractivity contribution in [1.82, 2.24) is 0 Å². The molecule has 0 spiro atoms. The van der Waals surface area contributed by atoms with Gasteiger partial charge in [0.2, 0.25) is 10.4 Å². The molecular weight excluding hydrogens is 139 g/mol. The summed E-state index contributed by atoms with van der Waals surface area (Å²) in [7, 11) is -4.44. The molecule has 0 rings (SSSR count). The molecule has 0 radical (unpaired) electrons. The van der Waals surface area contributed by atoms with Gasteiger partial charge in [-0.2, -0.15) is 0 Å². The van der Waals surface area contributed by atoms with Gasteiger partial charge in [0, 0.05) is 0 Å². The van der Waals surface area contributed by atoms with Gasteiger partial charge in [-0.3, -0.25) is 4.18 Å². The third kappa shape index (κ3) is 11.8. The van der Waals surface area contributed by atoms with Crippen molar-refractivity contribution in [3.05, 3.63) is 0 Å². The summed E-state index contributed by atoms with van der Waals surface area (Å²) in [6.45, 7) is 1.69. The van der Waals surface area contributed by atoms with Gasteiger partial charge < -0.3 is 4.55 Å². The quantitative estimate of drug-likeness (QED) is 0.240. The minimum absolute atomic E-state index is 0. The molecule has 0 aliphatic carbocycles. The van der Waals surface area contributed by atoms with Gasteiger partial charge in [0.25, 0.3) is 0 Å². The summed E-state index contributed by atoms with van der Waals surface area (Å²) in [6.07, 6.45) is 0.529. The minimum Gasteiger partial charge on any atom is -0.726 e. The van der Waals surface area contributed by atoms with Crippen molar-refractivity contribution in [2.45, 2.75) is 13.3 Å². The van der Waals surface area contributed by atoms with Crippen LogP contribution in [-0.4, -0.2) is 19.6 Å². The normalized spacial score (nSPS) is 10.4. The van der Waals surface area contributed by atoms with Crippen LogP contribution < -0.4 is 18.9 Å². The fourth-order valence-electron chi connectivity index (χ4n) is 0.185. The molecule has 0 heterocycles. The van der Waals surface area contributed by atoms with Gasteiger partial charge >= 0.3 is 18.9 Å². The molecule has 0 fully saturated rings. The van der Waals surface area contributed by atoms with Crippen molar-refractivity contribution in [3.8, 4) is 0 Å². The number of hydrogen-bond acceptors (Lipinski definition) is 4. The summed E-state index contributed by atoms with van der Waals surface area (Å²) in [6, 6.07) is 0. The minimum atomic E-state index is -4.44. The van der Waals surface area contributed by atoms with E-state index in [-0.39, 0.29) is 25.5 Å². The van der Waals surface area contributed by atoms with Crippen molar-refractivity contribution >= 4 is 10.4 Å². The SMILES string of the molecule is CCCOS(=O)(=O)[O-].[Li+]. The summed E-state index contributed by atoms with van der Waals surface area (Å²) in [5.41, 5.74) is 0. The second-order valence-electron chi connectivity index (χ2n) is 1.23. The Bertz CT molecular complexity index is 140. The second-order valence-corrected chi connectivity index (χ2v) is 2.28. The van der Waals surface area contributed by atoms with Gasteiger partial charge in [-0.05, 0) is 6.42 Å². The fraction of sp³-hybridized carbons (Fsp3) is 1.00. The molecule has 0 saturated carbocycles. The molecule has 0 atom stereocenters. The largest absolute Gasteiger partial charge is 1.00 e. The molecule has 0 unspecified atom stereocenters. The average Bonchev–Trinajstić information content (AvgIpc) is 1.59. The maximum atomic E-state index is 9.61. The molecule has 0 aliphatic heterocycles. The monoisotopic (exact) mass is 146 g/mol. The third-order valence-corrected chi connectivity index (χ3v) is 0.887. The van der Waals surface area contributed by atoms with Crippen LogP contribution in [0.5, 0.6) is 0 Å². The van der Waals surface area contributed by atoms with E-state index < -0.39 is 10.4 Å². The molecular formula is C3H7LiO4S. The van der Waals surface area contributed by atoms with E-state index in [9.17, 15) is 13.0 Å². The van der Waals surface area contributed by atoms with E-state index in [0.717, 1.165) is 0 Å². The standard InChI is InChI=1S/C3H8O4S.Li/c1-2-3-7-8(4,5)6;/h2-3H2,1H3,(H,4,5,6);/q;+1/p-1. The zero-order chi connectivity index (χ0) is 6.62. The Kier molecular flexibility index (Phi) is 7.12. The summed E-state index contributed by atoms with van der Waals surface area (Å²) < 4.78 is 32.6. The Hall–Kier alpha value is 0.467. The van der Waals surface area contributed by atoms with E-state index in [1.165, 1.54) is 0 Å². The van der Waals surface area contributed by atoms with Crippen LogP contribution in [0.2, 0.25) is 0 Å². The maximum Gasteiger partial charge on any atom is 1.00 e. The molecule has 0 N–H and O–H groups in total. The molecule has 4 nitrogen and oxygen atoms in total. The number of rotatable bonds is 3. The van der Waals surface area contributed by atoms with E-state index in [4.69, 9.17) is 0 Å². The maximum absolute atomic E-state index is 9.61. The predicted molar refractivity (Wildman–Crippen MR) is 25.9 cm³/mol. The molecule has 0 bridgehead atoms. The van der Waals surface area contributed by atoms with Crippen LogP contribution in [0.1, 0.15) is 13.3 Å². The van der Waals surface area contributed by atoms with Gasteiger partial charge in [-0.15, -0.1) is 0 Å². The van der Waals surface area contributed by atoms with E-state index in [1.54, 1.807) is 6.92 Å². The van der Waals surface area contributed by atoms with Gasteiger partial charge in [-0.1, -0.05) is 6.92 Å². The Morgan fingerprint density at radius 3 is 2.11 bits per heavy atom. The molecule has 0 aliphatic rings. The topological polar surface area (TPSA) is 66.4 Å². The summed E-state index contributed by atoms with van der Waals surface area (Å²) in [5.74, 6) is 0. The van der Waals surface area contributed by atoms with Crippen molar-refractivity contribution in [1.29, 1.82) is 0 Å². The Labute approximate surface area is 66.7 Å². The van der Waals surface area contributed by atoms with E-state index in [1.807, 2.05) is 0 Å². The molecule has 0 aromatic carbocycles. The summed E-state index contributed by atoms with van der Waals surface area (Å²) in [4.78, 5) is 0. The molecule has 6 heteroatoms. The van der Waals surface area contributed by atoms with Crippen LogP contribution in [-0.2, 0) is 14.6 Å². The Morgan fingerprint density at radius 2 is 2.00 bits per heavy atom. The zero-order valence-electron chi connectivity index (χ0n) is 5.46. The second kappa shape index (κ2) is 5.27. The smallest absolute Gasteiger partial charge is 0.726 e. The van der Waals surface area contributed by atoms with Crippen LogP contribution >= 0.6 is 0 Å². The van der Waals surface area contributed by atoms with E-state index in [2.05, 4.69) is 4.18 Å². The van der Waals surface area contributed by atoms with Crippen molar-refractivity contribution in [3.63, 3.8) is 0 Å². The van der Waals surface area contributed by atoms with E-state index in [0.29, 0.717) is 6.42 Å². The van der Waals surface area contributed by atoms with Gasteiger partial charge in [0.1, 0.15) is 0 Å². The first-order valence-electron chi connectivity index (χ1n) is 2.16.